The molecule has 1 saturated heterocycles. The first kappa shape index (κ1) is 34.2. The van der Waals surface area contributed by atoms with Gasteiger partial charge in [0.25, 0.3) is 0 Å². The Bertz CT molecular complexity index is 1580. The van der Waals surface area contributed by atoms with Gasteiger partial charge in [-0.05, 0) is 0 Å². The molecule has 232 valence electrons. The molecule has 4 aromatic rings. The molecule has 1 fully saturated rings. The zero-order valence-corrected chi connectivity index (χ0v) is 31.3. The SMILES string of the molecule is CCCC1=Cc2c(-c3ccc(CC)cc3)cccc2[CH]1[Zr+2]1([CH]2C(CCC)=Cc3c(-c4ccc(CC)cc4)cccc32)[CH2][CH2]1.[Cl-].[Cl-]. The summed E-state index contributed by atoms with van der Waals surface area (Å²) < 4.78 is 4.47. The summed E-state index contributed by atoms with van der Waals surface area (Å²) in [6, 6.07) is 33.2. The van der Waals surface area contributed by atoms with E-state index >= 15 is 0 Å². The minimum absolute atomic E-state index is 0. The average Bonchev–Trinajstić information content (AvgIpc) is 3.60. The Morgan fingerprint density at radius 2 is 0.933 bits per heavy atom. The quantitative estimate of drug-likeness (QED) is 0.180. The molecule has 0 nitrogen and oxygen atoms in total. The molecule has 1 aliphatic heterocycles. The number of aryl methyl sites for hydroxylation is 2. The van der Waals surface area contributed by atoms with Gasteiger partial charge in [-0.2, -0.15) is 0 Å². The average molecular weight is 713 g/mol. The van der Waals surface area contributed by atoms with Crippen LogP contribution in [0.3, 0.4) is 0 Å². The van der Waals surface area contributed by atoms with E-state index in [-0.39, 0.29) is 24.8 Å². The standard InChI is InChI=1S/2C20H21.C2H4.2ClH.Zr/c2*1-3-6-16-13-18-7-5-8-19(20(18)14-16)17-11-9-15(4-2)10-12-17;1-2;;;/h2*5,7-14H,3-4,6H2,1-2H3;1-2H2;2*1H;/q;;;;;+2/p-2. The van der Waals surface area contributed by atoms with Crippen LogP contribution in [0.15, 0.2) is 96.1 Å². The number of rotatable bonds is 10. The molecule has 0 saturated carbocycles. The minimum atomic E-state index is -2.72. The summed E-state index contributed by atoms with van der Waals surface area (Å²) in [6.07, 6.45) is 12.4. The van der Waals surface area contributed by atoms with Gasteiger partial charge >= 0.3 is 266 Å². The summed E-state index contributed by atoms with van der Waals surface area (Å²) in [7, 11) is 0. The fourth-order valence-electron chi connectivity index (χ4n) is 8.53. The van der Waals surface area contributed by atoms with Crippen LogP contribution in [0.2, 0.25) is 8.26 Å². The molecule has 2 unspecified atom stereocenters. The van der Waals surface area contributed by atoms with Crippen molar-refractivity contribution in [1.82, 2.24) is 0 Å². The Morgan fingerprint density at radius 3 is 1.27 bits per heavy atom. The Balaban J connectivity index is 0.00000200. The summed E-state index contributed by atoms with van der Waals surface area (Å²) in [6.45, 7) is 9.25. The summed E-state index contributed by atoms with van der Waals surface area (Å²) in [5.41, 5.74) is 18.4. The molecule has 0 N–H and O–H groups in total. The molecule has 0 spiro atoms. The van der Waals surface area contributed by atoms with Crippen molar-refractivity contribution >= 4 is 12.2 Å². The first-order chi connectivity index (χ1) is 21.1. The van der Waals surface area contributed by atoms with Crippen LogP contribution in [-0.4, -0.2) is 0 Å². The van der Waals surface area contributed by atoms with Gasteiger partial charge in [-0.3, -0.25) is 0 Å². The van der Waals surface area contributed by atoms with Gasteiger partial charge in [0, 0.05) is 0 Å². The van der Waals surface area contributed by atoms with Gasteiger partial charge in [0.05, 0.1) is 0 Å². The maximum Gasteiger partial charge on any atom is -1.00 e. The number of halogens is 2. The van der Waals surface area contributed by atoms with E-state index < -0.39 is 20.3 Å². The van der Waals surface area contributed by atoms with E-state index in [4.69, 9.17) is 0 Å². The van der Waals surface area contributed by atoms with Gasteiger partial charge in [0.15, 0.2) is 0 Å². The normalized spacial score (nSPS) is 18.0. The monoisotopic (exact) mass is 710 g/mol. The molecule has 1 heterocycles. The Kier molecular flexibility index (Phi) is 10.9. The molecular formula is C42H46Cl2Zr. The molecule has 45 heavy (non-hydrogen) atoms. The smallest absolute Gasteiger partial charge is 1.00 e. The van der Waals surface area contributed by atoms with E-state index in [1.807, 2.05) is 0 Å². The van der Waals surface area contributed by atoms with Crippen LogP contribution >= 0.6 is 0 Å². The van der Waals surface area contributed by atoms with Crippen LogP contribution in [0.4, 0.5) is 0 Å². The van der Waals surface area contributed by atoms with Gasteiger partial charge in [-0.25, -0.2) is 0 Å². The van der Waals surface area contributed by atoms with Crippen LogP contribution < -0.4 is 24.8 Å². The third kappa shape index (κ3) is 6.04. The van der Waals surface area contributed by atoms with E-state index in [0.717, 1.165) is 12.8 Å². The van der Waals surface area contributed by atoms with Crippen LogP contribution in [0, 0.1) is 0 Å². The van der Waals surface area contributed by atoms with Crippen molar-refractivity contribution in [2.24, 2.45) is 0 Å². The topological polar surface area (TPSA) is 0 Å². The van der Waals surface area contributed by atoms with Crippen molar-refractivity contribution < 1.29 is 45.1 Å². The van der Waals surface area contributed by atoms with Crippen molar-refractivity contribution in [3.8, 4) is 22.3 Å². The van der Waals surface area contributed by atoms with Gasteiger partial charge in [-0.1, -0.05) is 0 Å². The molecule has 2 aliphatic carbocycles. The van der Waals surface area contributed by atoms with E-state index in [9.17, 15) is 0 Å². The van der Waals surface area contributed by atoms with E-state index in [0.29, 0.717) is 7.25 Å². The number of benzene rings is 4. The summed E-state index contributed by atoms with van der Waals surface area (Å²) in [5, 5.41) is 0. The second kappa shape index (κ2) is 14.3. The molecule has 0 radical (unpaired) electrons. The zero-order chi connectivity index (χ0) is 29.6. The molecule has 0 bridgehead atoms. The summed E-state index contributed by atoms with van der Waals surface area (Å²) in [5.74, 6) is 0. The number of allylic oxidation sites excluding steroid dienone is 2. The van der Waals surface area contributed by atoms with Crippen molar-refractivity contribution in [3.63, 3.8) is 0 Å². The molecular weight excluding hydrogens is 667 g/mol. The zero-order valence-electron chi connectivity index (χ0n) is 27.3. The third-order valence-corrected chi connectivity index (χ3v) is 23.8. The predicted octanol–water partition coefficient (Wildman–Crippen LogP) is 6.33. The van der Waals surface area contributed by atoms with Crippen LogP contribution in [0.5, 0.6) is 0 Å². The third-order valence-electron chi connectivity index (χ3n) is 10.7. The Morgan fingerprint density at radius 1 is 0.533 bits per heavy atom. The maximum atomic E-state index is 2.66. The largest absolute Gasteiger partial charge is 1.00 e. The maximum absolute atomic E-state index is 2.72. The van der Waals surface area contributed by atoms with Crippen molar-refractivity contribution in [3.05, 3.63) is 129 Å². The molecule has 0 aromatic heterocycles. The first-order valence-corrected chi connectivity index (χ1v) is 23.3. The molecule has 3 heteroatoms. The van der Waals surface area contributed by atoms with Gasteiger partial charge in [0.1, 0.15) is 0 Å². The Hall–Kier alpha value is -2.18. The molecule has 0 amide bonds. The Labute approximate surface area is 288 Å². The fourth-order valence-corrected chi connectivity index (χ4v) is 26.1. The second-order valence-corrected chi connectivity index (χ2v) is 24.6. The van der Waals surface area contributed by atoms with E-state index in [2.05, 4.69) is 125 Å². The molecule has 2 atom stereocenters. The van der Waals surface area contributed by atoms with Crippen molar-refractivity contribution in [2.45, 2.75) is 81.7 Å². The van der Waals surface area contributed by atoms with Gasteiger partial charge in [0.2, 0.25) is 0 Å². The van der Waals surface area contributed by atoms with Crippen LogP contribution in [0.25, 0.3) is 34.4 Å². The van der Waals surface area contributed by atoms with Crippen LogP contribution in [-0.2, 0) is 33.1 Å². The minimum Gasteiger partial charge on any atom is -1.00 e. The summed E-state index contributed by atoms with van der Waals surface area (Å²) >= 11 is -2.72. The number of hydrogen-bond donors (Lipinski definition) is 0. The fraction of sp³-hybridized carbons (Fsp3) is 0.333. The second-order valence-electron chi connectivity index (χ2n) is 13.3. The van der Waals surface area contributed by atoms with Gasteiger partial charge < -0.3 is 24.8 Å². The molecule has 3 aliphatic rings. The summed E-state index contributed by atoms with van der Waals surface area (Å²) in [4.78, 5) is 0. The van der Waals surface area contributed by atoms with Crippen molar-refractivity contribution in [2.75, 3.05) is 0 Å². The molecule has 4 aromatic carbocycles. The van der Waals surface area contributed by atoms with E-state index in [1.54, 1.807) is 22.3 Å². The van der Waals surface area contributed by atoms with Gasteiger partial charge in [-0.15, -0.1) is 0 Å². The van der Waals surface area contributed by atoms with Crippen molar-refractivity contribution in [1.29, 1.82) is 0 Å². The number of fused-ring (bicyclic) bond motifs is 2. The first-order valence-electron chi connectivity index (χ1n) is 17.0. The van der Waals surface area contributed by atoms with E-state index in [1.165, 1.54) is 78.4 Å². The number of hydrogen-bond acceptors (Lipinski definition) is 0. The van der Waals surface area contributed by atoms with Crippen LogP contribution in [0.1, 0.15) is 94.0 Å². The molecule has 7 rings (SSSR count). The predicted molar refractivity (Wildman–Crippen MR) is 183 cm³/mol.